The quantitative estimate of drug-likeness (QED) is 0.920. The van der Waals surface area contributed by atoms with Crippen molar-refractivity contribution in [3.05, 3.63) is 34.4 Å². The average Bonchev–Trinajstić information content (AvgIpc) is 2.29. The SMILES string of the molecule is CN(C)c1nc(N)ncc1-c1ccc(Cl)cc1Cl.[H+]. The minimum atomic E-state index is 0. The van der Waals surface area contributed by atoms with Gasteiger partial charge in [-0.1, -0.05) is 29.3 Å². The molecule has 2 rings (SSSR count). The molecule has 0 amide bonds. The van der Waals surface area contributed by atoms with Crippen molar-refractivity contribution in [2.75, 3.05) is 24.7 Å². The summed E-state index contributed by atoms with van der Waals surface area (Å²) in [5.74, 6) is 0.944. The standard InChI is InChI=1S/C12H12Cl2N4/c1-18(2)11-9(6-16-12(15)17-11)8-4-3-7(13)5-10(8)14/h3-6H,1-2H3,(H2,15,16,17)/p+1. The van der Waals surface area contributed by atoms with Gasteiger partial charge in [0.15, 0.2) is 0 Å². The fourth-order valence-electron chi connectivity index (χ4n) is 1.62. The summed E-state index contributed by atoms with van der Waals surface area (Å²) in [6.07, 6.45) is 1.66. The van der Waals surface area contributed by atoms with Crippen LogP contribution in [0.4, 0.5) is 11.8 Å². The van der Waals surface area contributed by atoms with Gasteiger partial charge >= 0.3 is 1.43 Å². The first kappa shape index (κ1) is 12.9. The molecule has 2 aromatic rings. The van der Waals surface area contributed by atoms with E-state index in [2.05, 4.69) is 9.97 Å². The molecule has 4 nitrogen and oxygen atoms in total. The molecule has 1 aromatic heterocycles. The molecular formula is C12H13Cl2N4+. The molecule has 0 aliphatic heterocycles. The molecule has 0 spiro atoms. The van der Waals surface area contributed by atoms with Gasteiger partial charge in [-0.25, -0.2) is 4.98 Å². The van der Waals surface area contributed by atoms with Crippen LogP contribution in [0.15, 0.2) is 24.4 Å². The van der Waals surface area contributed by atoms with E-state index >= 15 is 0 Å². The summed E-state index contributed by atoms with van der Waals surface area (Å²) in [7, 11) is 3.77. The van der Waals surface area contributed by atoms with Crippen molar-refractivity contribution in [2.45, 2.75) is 0 Å². The normalized spacial score (nSPS) is 10.4. The molecular weight excluding hydrogens is 271 g/mol. The zero-order chi connectivity index (χ0) is 13.3. The van der Waals surface area contributed by atoms with Crippen molar-refractivity contribution < 1.29 is 1.43 Å². The smallest absolute Gasteiger partial charge is 0.368 e. The van der Waals surface area contributed by atoms with E-state index in [0.29, 0.717) is 15.9 Å². The molecule has 6 heteroatoms. The lowest BCUT2D eigenvalue weighted by Gasteiger charge is -2.16. The predicted molar refractivity (Wildman–Crippen MR) is 77.3 cm³/mol. The third-order valence-corrected chi connectivity index (χ3v) is 2.98. The number of nitrogens with zero attached hydrogens (tertiary/aromatic N) is 3. The van der Waals surface area contributed by atoms with Crippen LogP contribution in [-0.4, -0.2) is 24.1 Å². The second kappa shape index (κ2) is 5.00. The summed E-state index contributed by atoms with van der Waals surface area (Å²) in [5, 5.41) is 1.14. The summed E-state index contributed by atoms with van der Waals surface area (Å²) >= 11 is 12.1. The van der Waals surface area contributed by atoms with Crippen molar-refractivity contribution in [3.63, 3.8) is 0 Å². The molecule has 0 saturated carbocycles. The molecule has 0 unspecified atom stereocenters. The van der Waals surface area contributed by atoms with Gasteiger partial charge in [0.05, 0.1) is 5.02 Å². The lowest BCUT2D eigenvalue weighted by atomic mass is 10.1. The highest BCUT2D eigenvalue weighted by molar-refractivity contribution is 6.36. The molecule has 0 radical (unpaired) electrons. The van der Waals surface area contributed by atoms with Crippen LogP contribution in [0.3, 0.4) is 0 Å². The van der Waals surface area contributed by atoms with Crippen LogP contribution in [0.2, 0.25) is 10.0 Å². The van der Waals surface area contributed by atoms with Crippen molar-refractivity contribution in [2.24, 2.45) is 0 Å². The predicted octanol–water partition coefficient (Wildman–Crippen LogP) is 3.21. The monoisotopic (exact) mass is 283 g/mol. The lowest BCUT2D eigenvalue weighted by molar-refractivity contribution is 1.05. The zero-order valence-corrected chi connectivity index (χ0v) is 11.5. The maximum atomic E-state index is 6.19. The highest BCUT2D eigenvalue weighted by Crippen LogP contribution is 2.34. The molecule has 18 heavy (non-hydrogen) atoms. The summed E-state index contributed by atoms with van der Waals surface area (Å²) in [6, 6.07) is 5.30. The number of nitrogen functional groups attached to an aromatic ring is 1. The van der Waals surface area contributed by atoms with Gasteiger partial charge in [0.1, 0.15) is 5.82 Å². The number of aromatic nitrogens is 2. The van der Waals surface area contributed by atoms with Crippen LogP contribution in [0, 0.1) is 0 Å². The molecule has 0 bridgehead atoms. The van der Waals surface area contributed by atoms with Crippen LogP contribution in [-0.2, 0) is 0 Å². The van der Waals surface area contributed by atoms with E-state index in [1.807, 2.05) is 25.1 Å². The van der Waals surface area contributed by atoms with Crippen molar-refractivity contribution in [3.8, 4) is 11.1 Å². The van der Waals surface area contributed by atoms with Gasteiger partial charge in [-0.05, 0) is 12.1 Å². The Morgan fingerprint density at radius 2 is 1.94 bits per heavy atom. The van der Waals surface area contributed by atoms with E-state index in [0.717, 1.165) is 11.1 Å². The van der Waals surface area contributed by atoms with E-state index in [1.165, 1.54) is 0 Å². The highest BCUT2D eigenvalue weighted by atomic mass is 35.5. The lowest BCUT2D eigenvalue weighted by Crippen LogP contribution is -2.13. The van der Waals surface area contributed by atoms with E-state index in [9.17, 15) is 0 Å². The van der Waals surface area contributed by atoms with E-state index < -0.39 is 0 Å². The molecule has 0 saturated heterocycles. The Kier molecular flexibility index (Phi) is 3.59. The topological polar surface area (TPSA) is 55.0 Å². The summed E-state index contributed by atoms with van der Waals surface area (Å²) in [5.41, 5.74) is 7.24. The fraction of sp³-hybridized carbons (Fsp3) is 0.167. The van der Waals surface area contributed by atoms with Crippen LogP contribution in [0.5, 0.6) is 0 Å². The first-order chi connectivity index (χ1) is 8.49. The fourth-order valence-corrected chi connectivity index (χ4v) is 2.14. The number of anilines is 2. The summed E-state index contributed by atoms with van der Waals surface area (Å²) < 4.78 is 0. The highest BCUT2D eigenvalue weighted by Gasteiger charge is 2.13. The first-order valence-electron chi connectivity index (χ1n) is 5.24. The van der Waals surface area contributed by atoms with E-state index in [4.69, 9.17) is 28.9 Å². The Labute approximate surface area is 117 Å². The number of halogens is 2. The maximum absolute atomic E-state index is 6.19. The van der Waals surface area contributed by atoms with Crippen molar-refractivity contribution in [1.82, 2.24) is 9.97 Å². The van der Waals surface area contributed by atoms with Gasteiger partial charge in [0.2, 0.25) is 5.95 Å². The third-order valence-electron chi connectivity index (χ3n) is 2.43. The number of benzene rings is 1. The molecule has 1 heterocycles. The van der Waals surface area contributed by atoms with E-state index in [1.54, 1.807) is 18.3 Å². The molecule has 0 aliphatic carbocycles. The van der Waals surface area contributed by atoms with E-state index in [-0.39, 0.29) is 7.37 Å². The van der Waals surface area contributed by atoms with Gasteiger partial charge in [0, 0.05) is 36.4 Å². The molecule has 94 valence electrons. The van der Waals surface area contributed by atoms with Gasteiger partial charge < -0.3 is 10.6 Å². The summed E-state index contributed by atoms with van der Waals surface area (Å²) in [6.45, 7) is 0. The molecule has 2 N–H and O–H groups in total. The van der Waals surface area contributed by atoms with Gasteiger partial charge in [-0.2, -0.15) is 4.98 Å². The number of hydrogen-bond acceptors (Lipinski definition) is 4. The van der Waals surface area contributed by atoms with Crippen LogP contribution >= 0.6 is 23.2 Å². The van der Waals surface area contributed by atoms with Crippen LogP contribution in [0.1, 0.15) is 1.43 Å². The second-order valence-corrected chi connectivity index (χ2v) is 4.83. The molecule has 0 atom stereocenters. The Hall–Kier alpha value is -1.52. The zero-order valence-electron chi connectivity index (χ0n) is 11.0. The molecule has 1 aromatic carbocycles. The molecule has 0 fully saturated rings. The number of hydrogen-bond donors (Lipinski definition) is 1. The van der Waals surface area contributed by atoms with Crippen molar-refractivity contribution in [1.29, 1.82) is 0 Å². The first-order valence-corrected chi connectivity index (χ1v) is 6.00. The maximum Gasteiger partial charge on any atom is 1.00 e. The Morgan fingerprint density at radius 3 is 2.56 bits per heavy atom. The van der Waals surface area contributed by atoms with Crippen LogP contribution in [0.25, 0.3) is 11.1 Å². The Bertz CT molecular complexity index is 590. The third kappa shape index (κ3) is 2.49. The second-order valence-electron chi connectivity index (χ2n) is 3.98. The van der Waals surface area contributed by atoms with Crippen LogP contribution < -0.4 is 10.6 Å². The minimum absolute atomic E-state index is 0. The average molecular weight is 284 g/mol. The largest absolute Gasteiger partial charge is 1.00 e. The van der Waals surface area contributed by atoms with Gasteiger partial charge in [-0.3, -0.25) is 0 Å². The number of rotatable bonds is 2. The summed E-state index contributed by atoms with van der Waals surface area (Å²) in [4.78, 5) is 10.1. The molecule has 0 aliphatic rings. The Morgan fingerprint density at radius 1 is 1.22 bits per heavy atom. The van der Waals surface area contributed by atoms with Gasteiger partial charge in [0.25, 0.3) is 0 Å². The van der Waals surface area contributed by atoms with Crippen molar-refractivity contribution >= 4 is 35.0 Å². The minimum Gasteiger partial charge on any atom is -0.368 e. The Balaban J connectivity index is 0.00000180. The van der Waals surface area contributed by atoms with Gasteiger partial charge in [-0.15, -0.1) is 0 Å². The number of nitrogens with two attached hydrogens (primary N) is 1.